The zero-order chi connectivity index (χ0) is 15.0. The Balaban J connectivity index is 3.77. The molecule has 0 unspecified atom stereocenters. The van der Waals surface area contributed by atoms with Crippen molar-refractivity contribution in [1.82, 2.24) is 0 Å². The van der Waals surface area contributed by atoms with Crippen molar-refractivity contribution in [3.05, 3.63) is 28.8 Å². The molecule has 0 aromatic heterocycles. The molecule has 1 aromatic rings. The Morgan fingerprint density at radius 1 is 1.11 bits per heavy atom. The Kier molecular flexibility index (Phi) is 3.69. The zero-order valence-corrected chi connectivity index (χ0v) is 9.32. The first-order chi connectivity index (χ1) is 8.48. The largest absolute Gasteiger partial charge is 0.497 e. The van der Waals surface area contributed by atoms with Gasteiger partial charge in [-0.05, 0) is 12.1 Å². The summed E-state index contributed by atoms with van der Waals surface area (Å²) >= 11 is 0. The fraction of sp³-hybridized carbons (Fsp3) is 0.300. The van der Waals surface area contributed by atoms with Gasteiger partial charge in [-0.3, -0.25) is 4.79 Å². The lowest BCUT2D eigenvalue weighted by molar-refractivity contribution is -0.162. The maximum atomic E-state index is 12.7. The number of carbonyl (C=O) groups excluding carboxylic acids is 1. The number of methoxy groups -OCH3 is 1. The van der Waals surface area contributed by atoms with Gasteiger partial charge in [0, 0.05) is 0 Å². The Bertz CT molecular complexity index is 506. The van der Waals surface area contributed by atoms with Gasteiger partial charge in [0.25, 0.3) is 0 Å². The van der Waals surface area contributed by atoms with Gasteiger partial charge >= 0.3 is 12.4 Å². The van der Waals surface area contributed by atoms with E-state index < -0.39 is 40.7 Å². The van der Waals surface area contributed by atoms with E-state index in [9.17, 15) is 31.1 Å². The molecule has 0 radical (unpaired) electrons. The zero-order valence-electron chi connectivity index (χ0n) is 9.32. The molecular weight excluding hydrogens is 280 g/mol. The Morgan fingerprint density at radius 2 is 1.63 bits per heavy atom. The molecule has 1 rings (SSSR count). The van der Waals surface area contributed by atoms with E-state index in [1.807, 2.05) is 0 Å². The van der Waals surface area contributed by atoms with Crippen molar-refractivity contribution in [2.75, 3.05) is 7.11 Å². The number of nitrogens with two attached hydrogens (primary N) is 1. The molecule has 0 saturated heterocycles. The van der Waals surface area contributed by atoms with Crippen LogP contribution in [-0.2, 0) is 12.4 Å². The Hall–Kier alpha value is -1.93. The van der Waals surface area contributed by atoms with Crippen LogP contribution in [0.2, 0.25) is 0 Å². The summed E-state index contributed by atoms with van der Waals surface area (Å²) in [5.41, 5.74) is -0.745. The van der Waals surface area contributed by atoms with Crippen LogP contribution in [-0.4, -0.2) is 13.0 Å². The van der Waals surface area contributed by atoms with Crippen molar-refractivity contribution in [2.45, 2.75) is 12.4 Å². The second-order valence-corrected chi connectivity index (χ2v) is 3.46. The number of benzene rings is 1. The number of primary amides is 1. The summed E-state index contributed by atoms with van der Waals surface area (Å²) in [7, 11) is 0.952. The highest BCUT2D eigenvalue weighted by molar-refractivity contribution is 5.95. The second-order valence-electron chi connectivity index (χ2n) is 3.46. The molecular formula is C10H7F6NO2. The van der Waals surface area contributed by atoms with E-state index in [0.717, 1.165) is 7.11 Å². The summed E-state index contributed by atoms with van der Waals surface area (Å²) in [6.07, 6.45) is -10.7. The lowest BCUT2D eigenvalue weighted by Gasteiger charge is -2.19. The lowest BCUT2D eigenvalue weighted by Crippen LogP contribution is -2.24. The molecule has 0 aliphatic carbocycles. The molecule has 0 aliphatic rings. The van der Waals surface area contributed by atoms with Crippen molar-refractivity contribution in [2.24, 2.45) is 5.73 Å². The minimum absolute atomic E-state index is 0.162. The average Bonchev–Trinajstić information content (AvgIpc) is 2.24. The van der Waals surface area contributed by atoms with Gasteiger partial charge in [-0.2, -0.15) is 26.3 Å². The maximum absolute atomic E-state index is 12.7. The quantitative estimate of drug-likeness (QED) is 0.850. The molecule has 1 aromatic carbocycles. The van der Waals surface area contributed by atoms with E-state index in [1.165, 1.54) is 0 Å². The molecule has 1 amide bonds. The molecule has 0 saturated carbocycles. The average molecular weight is 287 g/mol. The van der Waals surface area contributed by atoms with E-state index in [-0.39, 0.29) is 6.07 Å². The van der Waals surface area contributed by atoms with Gasteiger partial charge in [-0.15, -0.1) is 0 Å². The number of hydrogen-bond donors (Lipinski definition) is 1. The third-order valence-corrected chi connectivity index (χ3v) is 2.20. The van der Waals surface area contributed by atoms with Crippen molar-refractivity contribution < 1.29 is 35.9 Å². The minimum Gasteiger partial charge on any atom is -0.497 e. The van der Waals surface area contributed by atoms with Gasteiger partial charge in [0.2, 0.25) is 5.91 Å². The molecule has 0 spiro atoms. The molecule has 0 fully saturated rings. The van der Waals surface area contributed by atoms with Crippen LogP contribution in [0, 0.1) is 0 Å². The summed E-state index contributed by atoms with van der Waals surface area (Å²) in [6.45, 7) is 0. The highest BCUT2D eigenvalue weighted by atomic mass is 19.4. The number of halogens is 6. The summed E-state index contributed by atoms with van der Waals surface area (Å²) in [5, 5.41) is 0. The first-order valence-corrected chi connectivity index (χ1v) is 4.64. The summed E-state index contributed by atoms with van der Waals surface area (Å²) in [4.78, 5) is 10.9. The molecule has 0 heterocycles. The van der Waals surface area contributed by atoms with E-state index in [1.54, 1.807) is 0 Å². The van der Waals surface area contributed by atoms with Crippen molar-refractivity contribution in [1.29, 1.82) is 0 Å². The van der Waals surface area contributed by atoms with Crippen molar-refractivity contribution in [3.8, 4) is 5.75 Å². The van der Waals surface area contributed by atoms with Gasteiger partial charge < -0.3 is 10.5 Å². The normalized spacial score (nSPS) is 12.4. The van der Waals surface area contributed by atoms with Crippen LogP contribution in [0.1, 0.15) is 21.5 Å². The molecule has 2 N–H and O–H groups in total. The summed E-state index contributed by atoms with van der Waals surface area (Å²) in [6, 6.07) is 0.676. The lowest BCUT2D eigenvalue weighted by atomic mass is 9.98. The van der Waals surface area contributed by atoms with Crippen molar-refractivity contribution in [3.63, 3.8) is 0 Å². The molecule has 3 nitrogen and oxygen atoms in total. The molecule has 106 valence electrons. The number of carbonyl (C=O) groups is 1. The van der Waals surface area contributed by atoms with Gasteiger partial charge in [-0.1, -0.05) is 0 Å². The van der Waals surface area contributed by atoms with E-state index in [4.69, 9.17) is 0 Å². The van der Waals surface area contributed by atoms with Crippen LogP contribution in [0.3, 0.4) is 0 Å². The minimum atomic E-state index is -5.37. The maximum Gasteiger partial charge on any atom is 0.417 e. The predicted octanol–water partition coefficient (Wildman–Crippen LogP) is 2.83. The van der Waals surface area contributed by atoms with E-state index in [2.05, 4.69) is 10.5 Å². The fourth-order valence-electron chi connectivity index (χ4n) is 1.46. The predicted molar refractivity (Wildman–Crippen MR) is 51.5 cm³/mol. The number of alkyl halides is 6. The van der Waals surface area contributed by atoms with Crippen LogP contribution in [0.25, 0.3) is 0 Å². The van der Waals surface area contributed by atoms with Gasteiger partial charge in [-0.25, -0.2) is 0 Å². The highest BCUT2D eigenvalue weighted by Crippen LogP contribution is 2.43. The van der Waals surface area contributed by atoms with Crippen LogP contribution >= 0.6 is 0 Å². The standard InChI is InChI=1S/C10H7F6NO2/c1-19-4-2-5(8(17)18)7(10(14,15)16)6(3-4)9(11,12)13/h2-3H,1H3,(H2,17,18). The molecule has 9 heteroatoms. The molecule has 0 atom stereocenters. The van der Waals surface area contributed by atoms with Crippen LogP contribution in [0.5, 0.6) is 5.75 Å². The van der Waals surface area contributed by atoms with Crippen molar-refractivity contribution >= 4 is 5.91 Å². The molecule has 0 bridgehead atoms. The van der Waals surface area contributed by atoms with Crippen LogP contribution in [0.15, 0.2) is 12.1 Å². The first-order valence-electron chi connectivity index (χ1n) is 4.64. The Morgan fingerprint density at radius 3 is 1.95 bits per heavy atom. The van der Waals surface area contributed by atoms with E-state index in [0.29, 0.717) is 6.07 Å². The smallest absolute Gasteiger partial charge is 0.417 e. The first kappa shape index (κ1) is 15.1. The monoisotopic (exact) mass is 287 g/mol. The number of hydrogen-bond acceptors (Lipinski definition) is 2. The third kappa shape index (κ3) is 3.09. The van der Waals surface area contributed by atoms with E-state index >= 15 is 0 Å². The SMILES string of the molecule is COc1cc(C(N)=O)c(C(F)(F)F)c(C(F)(F)F)c1. The third-order valence-electron chi connectivity index (χ3n) is 2.20. The number of amides is 1. The molecule has 19 heavy (non-hydrogen) atoms. The van der Waals surface area contributed by atoms with Crippen LogP contribution in [0.4, 0.5) is 26.3 Å². The van der Waals surface area contributed by atoms with Gasteiger partial charge in [0.05, 0.1) is 23.8 Å². The Labute approximate surface area is 102 Å². The number of rotatable bonds is 2. The highest BCUT2D eigenvalue weighted by Gasteiger charge is 2.46. The summed E-state index contributed by atoms with van der Waals surface area (Å²) in [5.74, 6) is -2.18. The van der Waals surface area contributed by atoms with Gasteiger partial charge in [0.15, 0.2) is 0 Å². The second kappa shape index (κ2) is 4.63. The fourth-order valence-corrected chi connectivity index (χ4v) is 1.46. The number of ether oxygens (including phenoxy) is 1. The molecule has 0 aliphatic heterocycles. The summed E-state index contributed by atoms with van der Waals surface area (Å²) < 4.78 is 80.4. The van der Waals surface area contributed by atoms with Crippen LogP contribution < -0.4 is 10.5 Å². The van der Waals surface area contributed by atoms with Gasteiger partial charge in [0.1, 0.15) is 5.75 Å². The topological polar surface area (TPSA) is 52.3 Å².